The number of halogens is 1. The van der Waals surface area contributed by atoms with Crippen LogP contribution in [0.3, 0.4) is 0 Å². The van der Waals surface area contributed by atoms with Crippen molar-refractivity contribution in [2.24, 2.45) is 0 Å². The Morgan fingerprint density at radius 2 is 2.19 bits per heavy atom. The zero-order valence-corrected chi connectivity index (χ0v) is 10.9. The molecular formula is C11H11IN2O2. The maximum absolute atomic E-state index is 11.6. The van der Waals surface area contributed by atoms with E-state index >= 15 is 0 Å². The van der Waals surface area contributed by atoms with Crippen LogP contribution in [0.5, 0.6) is 0 Å². The van der Waals surface area contributed by atoms with Gasteiger partial charge in [0.05, 0.1) is 6.42 Å². The molecule has 1 saturated heterocycles. The average Bonchev–Trinajstić information content (AvgIpc) is 2.47. The first-order valence-electron chi connectivity index (χ1n) is 4.90. The van der Waals surface area contributed by atoms with Crippen molar-refractivity contribution >= 4 is 40.1 Å². The maximum atomic E-state index is 11.6. The number of hydrogen-bond acceptors (Lipinski definition) is 3. The predicted molar refractivity (Wildman–Crippen MR) is 69.0 cm³/mol. The van der Waals surface area contributed by atoms with Gasteiger partial charge in [-0.15, -0.1) is 0 Å². The lowest BCUT2D eigenvalue weighted by molar-refractivity contribution is -0.136. The third kappa shape index (κ3) is 2.18. The molecule has 0 bridgehead atoms. The van der Waals surface area contributed by atoms with E-state index in [4.69, 9.17) is 0 Å². The highest BCUT2D eigenvalue weighted by Crippen LogP contribution is 2.18. The number of likely N-dealkylation sites (tertiary alicyclic amines) is 1. The first kappa shape index (κ1) is 11.4. The maximum Gasteiger partial charge on any atom is 0.251 e. The van der Waals surface area contributed by atoms with Gasteiger partial charge in [0.25, 0.3) is 5.91 Å². The van der Waals surface area contributed by atoms with Gasteiger partial charge in [-0.2, -0.15) is 0 Å². The van der Waals surface area contributed by atoms with E-state index < -0.39 is 6.04 Å². The molecule has 1 aromatic rings. The fourth-order valence-corrected chi connectivity index (χ4v) is 2.19. The van der Waals surface area contributed by atoms with Crippen LogP contribution in [0.2, 0.25) is 0 Å². The van der Waals surface area contributed by atoms with Crippen LogP contribution in [0.15, 0.2) is 24.3 Å². The topological polar surface area (TPSA) is 49.4 Å². The highest BCUT2D eigenvalue weighted by Gasteiger charge is 2.35. The number of likely N-dealkylation sites (N-methyl/N-ethyl adjacent to an activating group) is 1. The predicted octanol–water partition coefficient (Wildman–Crippen LogP) is 1.46. The third-order valence-corrected chi connectivity index (χ3v) is 3.22. The molecule has 1 atom stereocenters. The number of benzene rings is 1. The van der Waals surface area contributed by atoms with Crippen LogP contribution in [0.1, 0.15) is 6.42 Å². The second kappa shape index (κ2) is 4.40. The van der Waals surface area contributed by atoms with Crippen LogP contribution in [0, 0.1) is 3.57 Å². The van der Waals surface area contributed by atoms with Gasteiger partial charge in [0.15, 0.2) is 0 Å². The molecule has 1 aliphatic heterocycles. The zero-order valence-electron chi connectivity index (χ0n) is 8.74. The van der Waals surface area contributed by atoms with Crippen LogP contribution in [-0.2, 0) is 9.59 Å². The molecule has 1 N–H and O–H groups in total. The van der Waals surface area contributed by atoms with Crippen molar-refractivity contribution in [1.29, 1.82) is 0 Å². The van der Waals surface area contributed by atoms with Crippen molar-refractivity contribution in [2.45, 2.75) is 12.5 Å². The Balaban J connectivity index is 2.12. The highest BCUT2D eigenvalue weighted by atomic mass is 127. The first-order chi connectivity index (χ1) is 7.58. The summed E-state index contributed by atoms with van der Waals surface area (Å²) in [5.41, 5.74) is 0.869. The van der Waals surface area contributed by atoms with E-state index in [0.29, 0.717) is 0 Å². The van der Waals surface area contributed by atoms with E-state index in [1.54, 1.807) is 0 Å². The van der Waals surface area contributed by atoms with Crippen molar-refractivity contribution in [3.05, 3.63) is 27.8 Å². The van der Waals surface area contributed by atoms with Crippen molar-refractivity contribution in [1.82, 2.24) is 4.90 Å². The number of nitrogens with one attached hydrogen (secondary N) is 1. The monoisotopic (exact) mass is 330 g/mol. The molecule has 0 saturated carbocycles. The summed E-state index contributed by atoms with van der Waals surface area (Å²) in [4.78, 5) is 24.1. The standard InChI is InChI=1S/C11H11IN2O2/c1-14-10(15)6-9(11(14)16)13-8-4-2-3-7(12)5-8/h2-5,9,13H,6H2,1H3. The summed E-state index contributed by atoms with van der Waals surface area (Å²) >= 11 is 2.20. The molecule has 1 aliphatic rings. The van der Waals surface area contributed by atoms with E-state index in [1.165, 1.54) is 11.9 Å². The van der Waals surface area contributed by atoms with E-state index in [2.05, 4.69) is 27.9 Å². The van der Waals surface area contributed by atoms with E-state index in [-0.39, 0.29) is 18.2 Å². The number of amides is 2. The molecular weight excluding hydrogens is 319 g/mol. The van der Waals surface area contributed by atoms with Crippen LogP contribution >= 0.6 is 22.6 Å². The van der Waals surface area contributed by atoms with E-state index in [9.17, 15) is 9.59 Å². The summed E-state index contributed by atoms with van der Waals surface area (Å²) in [6.45, 7) is 0. The van der Waals surface area contributed by atoms with Gasteiger partial charge < -0.3 is 5.32 Å². The van der Waals surface area contributed by atoms with Crippen molar-refractivity contribution in [2.75, 3.05) is 12.4 Å². The van der Waals surface area contributed by atoms with Gasteiger partial charge in [0, 0.05) is 16.3 Å². The molecule has 2 rings (SSSR count). The largest absolute Gasteiger partial charge is 0.373 e. The molecule has 5 heteroatoms. The number of anilines is 1. The van der Waals surface area contributed by atoms with Crippen molar-refractivity contribution in [3.63, 3.8) is 0 Å². The molecule has 2 amide bonds. The van der Waals surface area contributed by atoms with Gasteiger partial charge in [-0.3, -0.25) is 14.5 Å². The summed E-state index contributed by atoms with van der Waals surface area (Å²) in [5.74, 6) is -0.294. The van der Waals surface area contributed by atoms with E-state index in [1.807, 2.05) is 24.3 Å². The second-order valence-electron chi connectivity index (χ2n) is 3.70. The zero-order chi connectivity index (χ0) is 11.7. The van der Waals surface area contributed by atoms with Gasteiger partial charge >= 0.3 is 0 Å². The number of hydrogen-bond donors (Lipinski definition) is 1. The summed E-state index contributed by atoms with van der Waals surface area (Å²) < 4.78 is 1.09. The van der Waals surface area contributed by atoms with Crippen molar-refractivity contribution in [3.8, 4) is 0 Å². The minimum absolute atomic E-state index is 0.131. The Hall–Kier alpha value is -1.11. The number of imide groups is 1. The molecule has 1 unspecified atom stereocenters. The Morgan fingerprint density at radius 1 is 1.44 bits per heavy atom. The van der Waals surface area contributed by atoms with Gasteiger partial charge in [-0.1, -0.05) is 6.07 Å². The summed E-state index contributed by atoms with van der Waals surface area (Å²) in [6.07, 6.45) is 0.237. The number of rotatable bonds is 2. The average molecular weight is 330 g/mol. The van der Waals surface area contributed by atoms with Gasteiger partial charge in [-0.25, -0.2) is 0 Å². The van der Waals surface area contributed by atoms with E-state index in [0.717, 1.165) is 9.26 Å². The van der Waals surface area contributed by atoms with Crippen LogP contribution in [-0.4, -0.2) is 29.8 Å². The first-order valence-corrected chi connectivity index (χ1v) is 5.98. The lowest BCUT2D eigenvalue weighted by atomic mass is 10.2. The molecule has 1 aromatic carbocycles. The van der Waals surface area contributed by atoms with Crippen LogP contribution in [0.4, 0.5) is 5.69 Å². The number of carbonyl (C=O) groups is 2. The molecule has 0 spiro atoms. The second-order valence-corrected chi connectivity index (χ2v) is 4.95. The molecule has 1 heterocycles. The van der Waals surface area contributed by atoms with Crippen LogP contribution in [0.25, 0.3) is 0 Å². The van der Waals surface area contributed by atoms with Crippen molar-refractivity contribution < 1.29 is 9.59 Å². The summed E-state index contributed by atoms with van der Waals surface area (Å²) in [7, 11) is 1.51. The Morgan fingerprint density at radius 3 is 2.75 bits per heavy atom. The van der Waals surface area contributed by atoms with Gasteiger partial charge in [0.1, 0.15) is 6.04 Å². The summed E-state index contributed by atoms with van der Waals surface area (Å²) in [6, 6.07) is 7.29. The SMILES string of the molecule is CN1C(=O)CC(Nc2cccc(I)c2)C1=O. The number of nitrogens with zero attached hydrogens (tertiary/aromatic N) is 1. The Labute approximate surface area is 107 Å². The highest BCUT2D eigenvalue weighted by molar-refractivity contribution is 14.1. The van der Waals surface area contributed by atoms with Gasteiger partial charge in [0.2, 0.25) is 5.91 Å². The molecule has 0 radical (unpaired) electrons. The quantitative estimate of drug-likeness (QED) is 0.660. The Kier molecular flexibility index (Phi) is 3.13. The molecule has 84 valence electrons. The molecule has 16 heavy (non-hydrogen) atoms. The fourth-order valence-electron chi connectivity index (χ4n) is 1.65. The molecule has 0 aromatic heterocycles. The molecule has 4 nitrogen and oxygen atoms in total. The van der Waals surface area contributed by atoms with Gasteiger partial charge in [-0.05, 0) is 40.8 Å². The lowest BCUT2D eigenvalue weighted by Crippen LogP contribution is -2.31. The Bertz CT molecular complexity index is 447. The fraction of sp³-hybridized carbons (Fsp3) is 0.273. The minimum Gasteiger partial charge on any atom is -0.373 e. The summed E-state index contributed by atoms with van der Waals surface area (Å²) in [5, 5.41) is 3.08. The minimum atomic E-state index is -0.421. The lowest BCUT2D eigenvalue weighted by Gasteiger charge is -2.12. The normalized spacial score (nSPS) is 20.4. The number of carbonyl (C=O) groups excluding carboxylic acids is 2. The molecule has 0 aliphatic carbocycles. The molecule has 1 fully saturated rings. The third-order valence-electron chi connectivity index (χ3n) is 2.55. The smallest absolute Gasteiger partial charge is 0.251 e. The van der Waals surface area contributed by atoms with Crippen LogP contribution < -0.4 is 5.32 Å².